The monoisotopic (exact) mass is 294 g/mol. The molecule has 0 saturated carbocycles. The Morgan fingerprint density at radius 3 is 3.12 bits per heavy atom. The van der Waals surface area contributed by atoms with Crippen molar-refractivity contribution >= 4 is 27.5 Å². The average Bonchev–Trinajstić information content (AvgIpc) is 2.85. The fourth-order valence-corrected chi connectivity index (χ4v) is 3.30. The van der Waals surface area contributed by atoms with Crippen LogP contribution in [-0.4, -0.2) is 29.4 Å². The van der Waals surface area contributed by atoms with Crippen LogP contribution >= 0.6 is 15.9 Å². The first-order valence-corrected chi connectivity index (χ1v) is 6.85. The number of rotatable bonds is 2. The van der Waals surface area contributed by atoms with Gasteiger partial charge in [-0.1, -0.05) is 22.0 Å². The molecule has 1 amide bonds. The summed E-state index contributed by atoms with van der Waals surface area (Å²) in [4.78, 5) is 13.8. The summed E-state index contributed by atoms with van der Waals surface area (Å²) in [6, 6.07) is 8.80. The van der Waals surface area contributed by atoms with Crippen LogP contribution < -0.4 is 5.32 Å². The highest BCUT2D eigenvalue weighted by Crippen LogP contribution is 2.31. The topological polar surface area (TPSA) is 32.3 Å². The summed E-state index contributed by atoms with van der Waals surface area (Å²) in [5, 5.41) is 3.49. The second-order valence-electron chi connectivity index (χ2n) is 4.76. The molecule has 2 saturated heterocycles. The lowest BCUT2D eigenvalue weighted by atomic mass is 10.1. The van der Waals surface area contributed by atoms with E-state index in [1.807, 2.05) is 23.1 Å². The zero-order valence-corrected chi connectivity index (χ0v) is 11.1. The summed E-state index contributed by atoms with van der Waals surface area (Å²) in [6.07, 6.45) is 2.92. The van der Waals surface area contributed by atoms with Crippen LogP contribution in [0.1, 0.15) is 19.3 Å². The van der Waals surface area contributed by atoms with Crippen molar-refractivity contribution in [3.63, 3.8) is 0 Å². The molecule has 4 heteroatoms. The number of nitrogens with one attached hydrogen (secondary N) is 1. The number of hydrogen-bond acceptors (Lipinski definition) is 2. The van der Waals surface area contributed by atoms with E-state index in [9.17, 15) is 4.79 Å². The summed E-state index contributed by atoms with van der Waals surface area (Å²) in [6.45, 7) is 0.945. The Kier molecular flexibility index (Phi) is 2.82. The molecule has 1 N–H and O–H groups in total. The maximum Gasteiger partial charge on any atom is 0.225 e. The third kappa shape index (κ3) is 2.06. The summed E-state index contributed by atoms with van der Waals surface area (Å²) in [5.74, 6) is 0.306. The first-order valence-electron chi connectivity index (χ1n) is 6.05. The van der Waals surface area contributed by atoms with E-state index < -0.39 is 0 Å². The van der Waals surface area contributed by atoms with E-state index >= 15 is 0 Å². The van der Waals surface area contributed by atoms with Crippen molar-refractivity contribution in [3.05, 3.63) is 28.7 Å². The van der Waals surface area contributed by atoms with Crippen molar-refractivity contribution in [1.29, 1.82) is 0 Å². The number of nitrogens with zero attached hydrogens (tertiary/aromatic N) is 1. The van der Waals surface area contributed by atoms with Gasteiger partial charge in [-0.2, -0.15) is 0 Å². The zero-order chi connectivity index (χ0) is 11.8. The van der Waals surface area contributed by atoms with Crippen molar-refractivity contribution in [2.45, 2.75) is 31.3 Å². The Labute approximate surface area is 109 Å². The molecule has 0 spiro atoms. The van der Waals surface area contributed by atoms with Gasteiger partial charge in [0.25, 0.3) is 0 Å². The Morgan fingerprint density at radius 1 is 1.41 bits per heavy atom. The van der Waals surface area contributed by atoms with Gasteiger partial charge in [-0.25, -0.2) is 0 Å². The second-order valence-corrected chi connectivity index (χ2v) is 5.68. The smallest absolute Gasteiger partial charge is 0.225 e. The molecule has 2 unspecified atom stereocenters. The summed E-state index contributed by atoms with van der Waals surface area (Å²) in [7, 11) is 0. The molecule has 2 atom stereocenters. The maximum atomic E-state index is 11.8. The van der Waals surface area contributed by atoms with Crippen molar-refractivity contribution < 1.29 is 4.79 Å². The molecule has 17 heavy (non-hydrogen) atoms. The van der Waals surface area contributed by atoms with Gasteiger partial charge >= 0.3 is 0 Å². The maximum absolute atomic E-state index is 11.8. The van der Waals surface area contributed by atoms with E-state index in [1.54, 1.807) is 0 Å². The molecular formula is C13H15BrN2O. The molecule has 0 aliphatic carbocycles. The molecular weight excluding hydrogens is 280 g/mol. The molecule has 1 aromatic rings. The lowest BCUT2D eigenvalue weighted by Gasteiger charge is -2.21. The van der Waals surface area contributed by atoms with Gasteiger partial charge in [0, 0.05) is 23.1 Å². The zero-order valence-electron chi connectivity index (χ0n) is 9.53. The van der Waals surface area contributed by atoms with Crippen molar-refractivity contribution in [3.8, 4) is 0 Å². The number of halogens is 1. The van der Waals surface area contributed by atoms with E-state index in [-0.39, 0.29) is 6.04 Å². The van der Waals surface area contributed by atoms with Crippen LogP contribution in [0.2, 0.25) is 0 Å². The summed E-state index contributed by atoms with van der Waals surface area (Å²) < 4.78 is 1.06. The third-order valence-electron chi connectivity index (χ3n) is 3.66. The standard InChI is InChI=1S/C13H15BrN2O/c14-9-3-1-4-10(7-9)15-11-8-13(17)16-6-2-5-12(11)16/h1,3-4,7,11-12,15H,2,5-6,8H2. The van der Waals surface area contributed by atoms with Crippen LogP contribution in [0.3, 0.4) is 0 Å². The molecule has 1 aromatic carbocycles. The van der Waals surface area contributed by atoms with Gasteiger partial charge in [0.2, 0.25) is 5.91 Å². The minimum absolute atomic E-state index is 0.277. The second kappa shape index (κ2) is 4.33. The molecule has 2 fully saturated rings. The first kappa shape index (κ1) is 11.1. The quantitative estimate of drug-likeness (QED) is 0.909. The van der Waals surface area contributed by atoms with Crippen LogP contribution in [-0.2, 0) is 4.79 Å². The largest absolute Gasteiger partial charge is 0.380 e. The number of benzene rings is 1. The molecule has 0 bridgehead atoms. The number of fused-ring (bicyclic) bond motifs is 1. The Bertz CT molecular complexity index is 449. The average molecular weight is 295 g/mol. The van der Waals surface area contributed by atoms with Crippen molar-refractivity contribution in [1.82, 2.24) is 4.90 Å². The number of amides is 1. The molecule has 2 aliphatic rings. The van der Waals surface area contributed by atoms with E-state index in [1.165, 1.54) is 0 Å². The molecule has 90 valence electrons. The molecule has 0 aromatic heterocycles. The highest BCUT2D eigenvalue weighted by Gasteiger charge is 2.42. The van der Waals surface area contributed by atoms with Gasteiger partial charge in [-0.05, 0) is 31.0 Å². The number of carbonyl (C=O) groups is 1. The Morgan fingerprint density at radius 2 is 2.29 bits per heavy atom. The SMILES string of the molecule is O=C1CC(Nc2cccc(Br)c2)C2CCCN12. The highest BCUT2D eigenvalue weighted by molar-refractivity contribution is 9.10. The fourth-order valence-electron chi connectivity index (χ4n) is 2.90. The molecule has 0 radical (unpaired) electrons. The van der Waals surface area contributed by atoms with Gasteiger partial charge < -0.3 is 10.2 Å². The number of hydrogen-bond donors (Lipinski definition) is 1. The van der Waals surface area contributed by atoms with E-state index in [0.29, 0.717) is 18.4 Å². The van der Waals surface area contributed by atoms with Gasteiger partial charge in [-0.15, -0.1) is 0 Å². The van der Waals surface area contributed by atoms with E-state index in [4.69, 9.17) is 0 Å². The predicted molar refractivity (Wildman–Crippen MR) is 70.9 cm³/mol. The normalized spacial score (nSPS) is 27.4. The summed E-state index contributed by atoms with van der Waals surface area (Å²) in [5.41, 5.74) is 1.09. The predicted octanol–water partition coefficient (Wildman–Crippen LogP) is 2.62. The molecule has 2 heterocycles. The van der Waals surface area contributed by atoms with Gasteiger partial charge in [0.15, 0.2) is 0 Å². The van der Waals surface area contributed by atoms with Crippen LogP contribution in [0.5, 0.6) is 0 Å². The van der Waals surface area contributed by atoms with Gasteiger partial charge in [-0.3, -0.25) is 4.79 Å². The van der Waals surface area contributed by atoms with Crippen LogP contribution in [0, 0.1) is 0 Å². The van der Waals surface area contributed by atoms with Gasteiger partial charge in [0.05, 0.1) is 12.1 Å². The first-order chi connectivity index (χ1) is 8.24. The summed E-state index contributed by atoms with van der Waals surface area (Å²) >= 11 is 3.46. The van der Waals surface area contributed by atoms with Crippen molar-refractivity contribution in [2.24, 2.45) is 0 Å². The third-order valence-corrected chi connectivity index (χ3v) is 4.15. The van der Waals surface area contributed by atoms with E-state index in [2.05, 4.69) is 27.3 Å². The van der Waals surface area contributed by atoms with Gasteiger partial charge in [0.1, 0.15) is 0 Å². The fraction of sp³-hybridized carbons (Fsp3) is 0.462. The molecule has 3 rings (SSSR count). The number of anilines is 1. The lowest BCUT2D eigenvalue weighted by Crippen LogP contribution is -2.34. The minimum atomic E-state index is 0.277. The number of carbonyl (C=O) groups excluding carboxylic acids is 1. The molecule has 2 aliphatic heterocycles. The lowest BCUT2D eigenvalue weighted by molar-refractivity contribution is -0.127. The van der Waals surface area contributed by atoms with Crippen molar-refractivity contribution in [2.75, 3.05) is 11.9 Å². The van der Waals surface area contributed by atoms with Crippen LogP contribution in [0.4, 0.5) is 5.69 Å². The van der Waals surface area contributed by atoms with Crippen LogP contribution in [0.25, 0.3) is 0 Å². The Hall–Kier alpha value is -1.03. The molecule has 3 nitrogen and oxygen atoms in total. The van der Waals surface area contributed by atoms with E-state index in [0.717, 1.165) is 29.5 Å². The van der Waals surface area contributed by atoms with Crippen LogP contribution in [0.15, 0.2) is 28.7 Å². The minimum Gasteiger partial charge on any atom is -0.380 e. The Balaban J connectivity index is 1.75. The highest BCUT2D eigenvalue weighted by atomic mass is 79.9.